The number of rotatable bonds is 8. The van der Waals surface area contributed by atoms with Gasteiger partial charge in [0, 0.05) is 17.5 Å². The van der Waals surface area contributed by atoms with Crippen LogP contribution in [-0.2, 0) is 0 Å². The summed E-state index contributed by atoms with van der Waals surface area (Å²) in [6.07, 6.45) is 10.8. The average Bonchev–Trinajstić information content (AvgIpc) is 2.40. The first-order chi connectivity index (χ1) is 9.19. The summed E-state index contributed by atoms with van der Waals surface area (Å²) in [6, 6.07) is 0. The Bertz CT molecular complexity index is 300. The second kappa shape index (κ2) is 9.52. The van der Waals surface area contributed by atoms with Gasteiger partial charge in [-0.25, -0.2) is 0 Å². The van der Waals surface area contributed by atoms with Crippen LogP contribution in [0.15, 0.2) is 22.8 Å². The van der Waals surface area contributed by atoms with Gasteiger partial charge >= 0.3 is 0 Å². The van der Waals surface area contributed by atoms with E-state index in [0.29, 0.717) is 0 Å². The van der Waals surface area contributed by atoms with Crippen molar-refractivity contribution < 1.29 is 0 Å². The summed E-state index contributed by atoms with van der Waals surface area (Å²) in [5, 5.41) is 4.25. The number of hydrogen-bond acceptors (Lipinski definition) is 2. The molecule has 0 spiro atoms. The lowest BCUT2D eigenvalue weighted by Gasteiger charge is -2.23. The fourth-order valence-electron chi connectivity index (χ4n) is 2.72. The van der Waals surface area contributed by atoms with Crippen molar-refractivity contribution in [3.63, 3.8) is 0 Å². The van der Waals surface area contributed by atoms with E-state index in [-0.39, 0.29) is 0 Å². The van der Waals surface area contributed by atoms with Gasteiger partial charge in [0.1, 0.15) is 0 Å². The van der Waals surface area contributed by atoms with E-state index in [9.17, 15) is 0 Å². The third-order valence-corrected chi connectivity index (χ3v) is 5.26. The second-order valence-corrected chi connectivity index (χ2v) is 7.04. The lowest BCUT2D eigenvalue weighted by atomic mass is 10.0. The number of thioether (sulfide) groups is 1. The SMILES string of the molecule is C=C(NCC)/C(CCCC)=C(/C)SC1CCCCC1. The normalized spacial score (nSPS) is 18.1. The van der Waals surface area contributed by atoms with Crippen LogP contribution in [0.1, 0.15) is 72.1 Å². The summed E-state index contributed by atoms with van der Waals surface area (Å²) in [5.41, 5.74) is 2.62. The predicted octanol–water partition coefficient (Wildman–Crippen LogP) is 5.64. The van der Waals surface area contributed by atoms with Gasteiger partial charge in [0.25, 0.3) is 0 Å². The molecule has 0 saturated heterocycles. The molecule has 1 nitrogen and oxygen atoms in total. The Morgan fingerprint density at radius 1 is 1.21 bits per heavy atom. The van der Waals surface area contributed by atoms with Crippen molar-refractivity contribution in [1.82, 2.24) is 5.32 Å². The van der Waals surface area contributed by atoms with Gasteiger partial charge in [0.15, 0.2) is 0 Å². The molecule has 1 aliphatic rings. The summed E-state index contributed by atoms with van der Waals surface area (Å²) in [5.74, 6) is 0. The van der Waals surface area contributed by atoms with Crippen molar-refractivity contribution in [2.24, 2.45) is 0 Å². The van der Waals surface area contributed by atoms with Crippen molar-refractivity contribution >= 4 is 11.8 Å². The molecule has 0 bridgehead atoms. The Morgan fingerprint density at radius 2 is 1.89 bits per heavy atom. The third kappa shape index (κ3) is 6.07. The highest BCUT2D eigenvalue weighted by molar-refractivity contribution is 8.03. The topological polar surface area (TPSA) is 12.0 Å². The van der Waals surface area contributed by atoms with Crippen LogP contribution in [0, 0.1) is 0 Å². The minimum atomic E-state index is 0.847. The Morgan fingerprint density at radius 3 is 2.47 bits per heavy atom. The van der Waals surface area contributed by atoms with Crippen LogP contribution in [0.3, 0.4) is 0 Å². The molecule has 1 fully saturated rings. The van der Waals surface area contributed by atoms with E-state index in [4.69, 9.17) is 0 Å². The van der Waals surface area contributed by atoms with E-state index in [1.165, 1.54) is 61.8 Å². The molecule has 0 atom stereocenters. The van der Waals surface area contributed by atoms with Gasteiger partial charge in [-0.05, 0) is 50.0 Å². The summed E-state index contributed by atoms with van der Waals surface area (Å²) in [7, 11) is 0. The molecule has 0 aromatic heterocycles. The standard InChI is InChI=1S/C17H31NS/c1-5-7-13-17(14(3)18-6-2)15(4)19-16-11-9-8-10-12-16/h16,18H,3,5-13H2,1-2,4H3/b17-15-. The largest absolute Gasteiger partial charge is 0.386 e. The van der Waals surface area contributed by atoms with Crippen LogP contribution in [0.2, 0.25) is 0 Å². The van der Waals surface area contributed by atoms with Crippen molar-refractivity contribution in [2.45, 2.75) is 77.4 Å². The third-order valence-electron chi connectivity index (χ3n) is 3.86. The number of unbranched alkanes of at least 4 members (excludes halogenated alkanes) is 1. The fraction of sp³-hybridized carbons (Fsp3) is 0.765. The minimum absolute atomic E-state index is 0.847. The van der Waals surface area contributed by atoms with E-state index in [1.54, 1.807) is 0 Å². The summed E-state index contributed by atoms with van der Waals surface area (Å²) in [6.45, 7) is 11.9. The zero-order chi connectivity index (χ0) is 14.1. The predicted molar refractivity (Wildman–Crippen MR) is 89.5 cm³/mol. The Balaban J connectivity index is 2.66. The molecule has 0 amide bonds. The van der Waals surface area contributed by atoms with E-state index in [0.717, 1.165) is 17.5 Å². The highest BCUT2D eigenvalue weighted by Crippen LogP contribution is 2.36. The molecule has 2 heteroatoms. The minimum Gasteiger partial charge on any atom is -0.386 e. The molecule has 110 valence electrons. The molecule has 0 aliphatic heterocycles. The molecule has 1 N–H and O–H groups in total. The number of likely N-dealkylation sites (N-methyl/N-ethyl adjacent to an activating group) is 1. The molecule has 0 aromatic rings. The van der Waals surface area contributed by atoms with Gasteiger partial charge in [-0.2, -0.15) is 0 Å². The fourth-order valence-corrected chi connectivity index (χ4v) is 4.15. The summed E-state index contributed by atoms with van der Waals surface area (Å²) in [4.78, 5) is 1.51. The van der Waals surface area contributed by atoms with E-state index in [2.05, 4.69) is 44.4 Å². The van der Waals surface area contributed by atoms with Crippen molar-refractivity contribution in [2.75, 3.05) is 6.54 Å². The zero-order valence-corrected chi connectivity index (χ0v) is 13.9. The highest BCUT2D eigenvalue weighted by atomic mass is 32.2. The lowest BCUT2D eigenvalue weighted by Crippen LogP contribution is -2.14. The number of nitrogens with one attached hydrogen (secondary N) is 1. The van der Waals surface area contributed by atoms with Gasteiger partial charge in [-0.15, -0.1) is 11.8 Å². The molecule has 19 heavy (non-hydrogen) atoms. The van der Waals surface area contributed by atoms with Crippen LogP contribution in [0.5, 0.6) is 0 Å². The van der Waals surface area contributed by atoms with Crippen LogP contribution in [0.4, 0.5) is 0 Å². The first-order valence-corrected chi connectivity index (χ1v) is 8.86. The van der Waals surface area contributed by atoms with Gasteiger partial charge in [-0.1, -0.05) is 39.2 Å². The van der Waals surface area contributed by atoms with Crippen LogP contribution < -0.4 is 5.32 Å². The molecule has 1 aliphatic carbocycles. The summed E-state index contributed by atoms with van der Waals surface area (Å²) >= 11 is 2.11. The quantitative estimate of drug-likeness (QED) is 0.578. The van der Waals surface area contributed by atoms with Crippen molar-refractivity contribution in [3.05, 3.63) is 22.8 Å². The number of hydrogen-bond donors (Lipinski definition) is 1. The zero-order valence-electron chi connectivity index (χ0n) is 13.1. The molecule has 1 rings (SSSR count). The monoisotopic (exact) mass is 281 g/mol. The molecular formula is C17H31NS. The smallest absolute Gasteiger partial charge is 0.0307 e. The van der Waals surface area contributed by atoms with E-state index >= 15 is 0 Å². The van der Waals surface area contributed by atoms with Gasteiger partial charge in [0.05, 0.1) is 0 Å². The first-order valence-electron chi connectivity index (χ1n) is 7.98. The molecule has 0 aromatic carbocycles. The maximum Gasteiger partial charge on any atom is 0.0307 e. The Labute approximate surface area is 124 Å². The van der Waals surface area contributed by atoms with Crippen molar-refractivity contribution in [1.29, 1.82) is 0 Å². The van der Waals surface area contributed by atoms with Crippen molar-refractivity contribution in [3.8, 4) is 0 Å². The lowest BCUT2D eigenvalue weighted by molar-refractivity contribution is 0.516. The van der Waals surface area contributed by atoms with Gasteiger partial charge < -0.3 is 5.32 Å². The van der Waals surface area contributed by atoms with E-state index < -0.39 is 0 Å². The molecule has 1 saturated carbocycles. The maximum atomic E-state index is 4.23. The number of allylic oxidation sites excluding steroid dienone is 2. The summed E-state index contributed by atoms with van der Waals surface area (Å²) < 4.78 is 0. The van der Waals surface area contributed by atoms with Crippen LogP contribution >= 0.6 is 11.8 Å². The Hall–Kier alpha value is -0.370. The molecular weight excluding hydrogens is 250 g/mol. The second-order valence-electron chi connectivity index (χ2n) is 5.53. The maximum absolute atomic E-state index is 4.23. The molecule has 0 unspecified atom stereocenters. The van der Waals surface area contributed by atoms with Gasteiger partial charge in [-0.3, -0.25) is 0 Å². The van der Waals surface area contributed by atoms with Crippen LogP contribution in [0.25, 0.3) is 0 Å². The molecule has 0 heterocycles. The highest BCUT2D eigenvalue weighted by Gasteiger charge is 2.16. The average molecular weight is 282 g/mol. The Kier molecular flexibility index (Phi) is 8.36. The van der Waals surface area contributed by atoms with E-state index in [1.807, 2.05) is 0 Å². The first kappa shape index (κ1) is 16.7. The molecule has 0 radical (unpaired) electrons. The van der Waals surface area contributed by atoms with Gasteiger partial charge in [0.2, 0.25) is 0 Å². The van der Waals surface area contributed by atoms with Crippen LogP contribution in [-0.4, -0.2) is 11.8 Å².